The first-order valence-corrected chi connectivity index (χ1v) is 9.46. The van der Waals surface area contributed by atoms with Crippen LogP contribution in [0.2, 0.25) is 10.0 Å². The summed E-state index contributed by atoms with van der Waals surface area (Å²) in [6.07, 6.45) is 0. The number of rotatable bonds is 5. The third-order valence-corrected chi connectivity index (χ3v) is 5.16. The Kier molecular flexibility index (Phi) is 5.82. The zero-order chi connectivity index (χ0) is 18.8. The molecular weight excluding hydrogens is 387 g/mol. The maximum Gasteiger partial charge on any atom is 0.265 e. The lowest BCUT2D eigenvalue weighted by Crippen LogP contribution is -2.30. The number of benzene rings is 2. The highest BCUT2D eigenvalue weighted by atomic mass is 35.5. The van der Waals surface area contributed by atoms with Crippen molar-refractivity contribution in [1.82, 2.24) is 5.32 Å². The van der Waals surface area contributed by atoms with E-state index in [0.717, 1.165) is 0 Å². The van der Waals surface area contributed by atoms with Crippen LogP contribution in [0.1, 0.15) is 24.2 Å². The van der Waals surface area contributed by atoms with E-state index in [-0.39, 0.29) is 33.2 Å². The van der Waals surface area contributed by atoms with E-state index in [9.17, 15) is 18.3 Å². The molecular formula is C16H16Cl2N2O4S. The number of aromatic hydroxyl groups is 1. The number of hydrogen-bond acceptors (Lipinski definition) is 4. The highest BCUT2D eigenvalue weighted by molar-refractivity contribution is 7.92. The van der Waals surface area contributed by atoms with E-state index in [1.165, 1.54) is 36.4 Å². The topological polar surface area (TPSA) is 95.5 Å². The van der Waals surface area contributed by atoms with Crippen LogP contribution in [0.3, 0.4) is 0 Å². The van der Waals surface area contributed by atoms with Crippen molar-refractivity contribution in [3.63, 3.8) is 0 Å². The monoisotopic (exact) mass is 402 g/mol. The fourth-order valence-corrected chi connectivity index (χ4v) is 3.64. The van der Waals surface area contributed by atoms with Crippen LogP contribution in [0.4, 0.5) is 5.69 Å². The van der Waals surface area contributed by atoms with Gasteiger partial charge in [0.05, 0.1) is 15.7 Å². The first kappa shape index (κ1) is 19.4. The molecule has 0 saturated carbocycles. The van der Waals surface area contributed by atoms with Crippen molar-refractivity contribution in [3.8, 4) is 5.75 Å². The molecule has 0 aliphatic rings. The second kappa shape index (κ2) is 7.51. The largest absolute Gasteiger partial charge is 0.505 e. The maximum absolute atomic E-state index is 12.5. The lowest BCUT2D eigenvalue weighted by molar-refractivity contribution is 0.0943. The molecule has 1 amide bonds. The Morgan fingerprint density at radius 3 is 2.44 bits per heavy atom. The summed E-state index contributed by atoms with van der Waals surface area (Å²) in [5.74, 6) is -0.931. The van der Waals surface area contributed by atoms with Crippen LogP contribution < -0.4 is 10.0 Å². The van der Waals surface area contributed by atoms with E-state index in [1.807, 2.05) is 0 Å². The van der Waals surface area contributed by atoms with Crippen LogP contribution in [-0.2, 0) is 10.0 Å². The summed E-state index contributed by atoms with van der Waals surface area (Å²) in [6.45, 7) is 3.61. The van der Waals surface area contributed by atoms with Gasteiger partial charge in [-0.25, -0.2) is 8.42 Å². The molecule has 6 nitrogen and oxygen atoms in total. The van der Waals surface area contributed by atoms with E-state index in [4.69, 9.17) is 23.2 Å². The molecule has 2 aromatic rings. The number of hydrogen-bond donors (Lipinski definition) is 3. The van der Waals surface area contributed by atoms with E-state index in [0.29, 0.717) is 0 Å². The lowest BCUT2D eigenvalue weighted by Gasteiger charge is -2.13. The fraction of sp³-hybridized carbons (Fsp3) is 0.188. The number of sulfonamides is 1. The smallest absolute Gasteiger partial charge is 0.265 e. The van der Waals surface area contributed by atoms with Crippen LogP contribution in [0.25, 0.3) is 0 Å². The zero-order valence-electron chi connectivity index (χ0n) is 13.4. The molecule has 0 unspecified atom stereocenters. The van der Waals surface area contributed by atoms with Crippen molar-refractivity contribution in [2.24, 2.45) is 0 Å². The SMILES string of the molecule is CC(C)NC(=O)c1ccc(Cl)c(NS(=O)(=O)c2cccc(Cl)c2O)c1. The minimum Gasteiger partial charge on any atom is -0.505 e. The minimum absolute atomic E-state index is 0.0115. The molecule has 3 N–H and O–H groups in total. The molecule has 2 rings (SSSR count). The van der Waals surface area contributed by atoms with Gasteiger partial charge in [-0.3, -0.25) is 9.52 Å². The summed E-state index contributed by atoms with van der Waals surface area (Å²) < 4.78 is 27.3. The highest BCUT2D eigenvalue weighted by Gasteiger charge is 2.22. The Labute approximate surface area is 155 Å². The molecule has 25 heavy (non-hydrogen) atoms. The van der Waals surface area contributed by atoms with Crippen molar-refractivity contribution >= 4 is 44.8 Å². The van der Waals surface area contributed by atoms with Gasteiger partial charge in [0.15, 0.2) is 5.75 Å². The Morgan fingerprint density at radius 1 is 1.12 bits per heavy atom. The molecule has 0 radical (unpaired) electrons. The number of halogens is 2. The van der Waals surface area contributed by atoms with Crippen LogP contribution in [0.5, 0.6) is 5.75 Å². The summed E-state index contributed by atoms with van der Waals surface area (Å²) in [5.41, 5.74) is 0.253. The predicted octanol–water partition coefficient (Wildman–Crippen LogP) is 3.64. The summed E-state index contributed by atoms with van der Waals surface area (Å²) in [7, 11) is -4.16. The second-order valence-electron chi connectivity index (χ2n) is 5.51. The van der Waals surface area contributed by atoms with E-state index >= 15 is 0 Å². The summed E-state index contributed by atoms with van der Waals surface area (Å²) in [5, 5.41) is 12.6. The standard InChI is InChI=1S/C16H16Cl2N2O4S/c1-9(2)19-16(22)10-6-7-11(17)13(8-10)20-25(23,24)14-5-3-4-12(18)15(14)21/h3-9,20-21H,1-2H3,(H,19,22). The summed E-state index contributed by atoms with van der Waals surface area (Å²) in [4.78, 5) is 11.7. The quantitative estimate of drug-likeness (QED) is 0.711. The zero-order valence-corrected chi connectivity index (χ0v) is 15.7. The van der Waals surface area contributed by atoms with Gasteiger partial charge in [0.2, 0.25) is 0 Å². The number of nitrogens with one attached hydrogen (secondary N) is 2. The molecule has 0 aromatic heterocycles. The third-order valence-electron chi connectivity index (χ3n) is 3.13. The maximum atomic E-state index is 12.5. The van der Waals surface area contributed by atoms with Gasteiger partial charge in [0.1, 0.15) is 4.90 Å². The Balaban J connectivity index is 2.39. The normalized spacial score (nSPS) is 11.4. The molecule has 2 aromatic carbocycles. The van der Waals surface area contributed by atoms with Crippen molar-refractivity contribution in [2.45, 2.75) is 24.8 Å². The number of carbonyl (C=O) groups is 1. The van der Waals surface area contributed by atoms with Gasteiger partial charge in [0.25, 0.3) is 15.9 Å². The summed E-state index contributed by atoms with van der Waals surface area (Å²) >= 11 is 11.8. The van der Waals surface area contributed by atoms with Gasteiger partial charge in [-0.05, 0) is 44.2 Å². The van der Waals surface area contributed by atoms with Crippen LogP contribution in [0, 0.1) is 0 Å². The molecule has 0 aliphatic carbocycles. The van der Waals surface area contributed by atoms with Crippen LogP contribution in [0.15, 0.2) is 41.3 Å². The predicted molar refractivity (Wildman–Crippen MR) is 98.0 cm³/mol. The van der Waals surface area contributed by atoms with Gasteiger partial charge >= 0.3 is 0 Å². The van der Waals surface area contributed by atoms with Crippen LogP contribution >= 0.6 is 23.2 Å². The van der Waals surface area contributed by atoms with E-state index in [1.54, 1.807) is 13.8 Å². The minimum atomic E-state index is -4.16. The molecule has 0 fully saturated rings. The van der Waals surface area contributed by atoms with Crippen LogP contribution in [-0.4, -0.2) is 25.5 Å². The van der Waals surface area contributed by atoms with Crippen molar-refractivity contribution in [2.75, 3.05) is 4.72 Å². The Hall–Kier alpha value is -1.96. The van der Waals surface area contributed by atoms with Crippen molar-refractivity contribution in [1.29, 1.82) is 0 Å². The van der Waals surface area contributed by atoms with E-state index < -0.39 is 20.7 Å². The number of para-hydroxylation sites is 1. The molecule has 0 bridgehead atoms. The third kappa shape index (κ3) is 4.56. The number of amides is 1. The van der Waals surface area contributed by atoms with Gasteiger partial charge < -0.3 is 10.4 Å². The van der Waals surface area contributed by atoms with Gasteiger partial charge in [-0.15, -0.1) is 0 Å². The first-order chi connectivity index (χ1) is 11.6. The number of anilines is 1. The average molecular weight is 403 g/mol. The molecule has 134 valence electrons. The molecule has 0 aliphatic heterocycles. The summed E-state index contributed by atoms with van der Waals surface area (Å²) in [6, 6.07) is 8.09. The number of phenolic OH excluding ortho intramolecular Hbond substituents is 1. The van der Waals surface area contributed by atoms with Crippen molar-refractivity contribution in [3.05, 3.63) is 52.0 Å². The fourth-order valence-electron chi connectivity index (χ4n) is 2.00. The highest BCUT2D eigenvalue weighted by Crippen LogP contribution is 2.33. The molecule has 0 saturated heterocycles. The van der Waals surface area contributed by atoms with Gasteiger partial charge in [0, 0.05) is 11.6 Å². The van der Waals surface area contributed by atoms with Gasteiger partial charge in [-0.1, -0.05) is 29.3 Å². The molecule has 0 heterocycles. The lowest BCUT2D eigenvalue weighted by atomic mass is 10.2. The first-order valence-electron chi connectivity index (χ1n) is 7.22. The van der Waals surface area contributed by atoms with Crippen molar-refractivity contribution < 1.29 is 18.3 Å². The van der Waals surface area contributed by atoms with E-state index in [2.05, 4.69) is 10.0 Å². The molecule has 0 atom stereocenters. The molecule has 9 heteroatoms. The second-order valence-corrected chi connectivity index (χ2v) is 7.98. The number of phenols is 1. The average Bonchev–Trinajstić information content (AvgIpc) is 2.51. The van der Waals surface area contributed by atoms with Gasteiger partial charge in [-0.2, -0.15) is 0 Å². The number of carbonyl (C=O) groups excluding carboxylic acids is 1. The Bertz CT molecular complexity index is 914. The Morgan fingerprint density at radius 2 is 1.80 bits per heavy atom. The molecule has 0 spiro atoms.